The Morgan fingerprint density at radius 1 is 0.553 bits per heavy atom. The highest BCUT2D eigenvalue weighted by molar-refractivity contribution is 8.00. The molecule has 11 rings (SSSR count). The molecular weight excluding hydrogens is 1940 g/mol. The molecule has 17 N–H and O–H groups in total. The fraction of sp³-hybridized carbons (Fsp3) is 0.547. The molecule has 40 nitrogen and oxygen atoms in total. The molecule has 46 heteroatoms. The van der Waals surface area contributed by atoms with E-state index in [1.165, 1.54) is 80.9 Å². The summed E-state index contributed by atoms with van der Waals surface area (Å²) in [7, 11) is -15.6. The van der Waals surface area contributed by atoms with Crippen LogP contribution in [0.4, 0.5) is 21.9 Å². The minimum absolute atomic E-state index is 0.0376. The normalized spacial score (nSPS) is 20.0. The Labute approximate surface area is 832 Å². The van der Waals surface area contributed by atoms with E-state index in [-0.39, 0.29) is 177 Å². The number of esters is 2. The first kappa shape index (κ1) is 111. The van der Waals surface area contributed by atoms with Crippen molar-refractivity contribution in [2.75, 3.05) is 107 Å². The van der Waals surface area contributed by atoms with Crippen LogP contribution in [0.1, 0.15) is 207 Å². The van der Waals surface area contributed by atoms with E-state index in [1.54, 1.807) is 12.1 Å². The van der Waals surface area contributed by atoms with Crippen LogP contribution in [0.2, 0.25) is 0 Å². The van der Waals surface area contributed by atoms with Gasteiger partial charge in [0.1, 0.15) is 30.1 Å². The summed E-state index contributed by atoms with van der Waals surface area (Å²) in [6, 6.07) is 16.2. The maximum Gasteiger partial charge on any atom is 0.328 e. The number of nitrogens with two attached hydrogens (primary N) is 2. The van der Waals surface area contributed by atoms with Gasteiger partial charge in [0, 0.05) is 132 Å². The number of benzene rings is 4. The lowest BCUT2D eigenvalue weighted by Crippen LogP contribution is -2.41. The third-order valence-electron chi connectivity index (χ3n) is 25.7. The summed E-state index contributed by atoms with van der Waals surface area (Å²) in [6.07, 6.45) is 18.5. The van der Waals surface area contributed by atoms with Crippen LogP contribution in [-0.4, -0.2) is 266 Å². The number of amides is 7. The quantitative estimate of drug-likeness (QED) is 0.00852. The first-order chi connectivity index (χ1) is 67.0. The van der Waals surface area contributed by atoms with Gasteiger partial charge >= 0.3 is 18.0 Å². The Balaban J connectivity index is 0.649. The van der Waals surface area contributed by atoms with E-state index in [1.807, 2.05) is 80.4 Å². The van der Waals surface area contributed by atoms with Gasteiger partial charge < -0.3 is 87.9 Å². The van der Waals surface area contributed by atoms with Crippen LogP contribution < -0.4 is 69.0 Å². The number of ether oxygens (including phenoxy) is 5. The number of urea groups is 1. The molecule has 6 aliphatic heterocycles. The molecule has 772 valence electrons. The first-order valence-electron chi connectivity index (χ1n) is 47.5. The van der Waals surface area contributed by atoms with Gasteiger partial charge in [0.2, 0.25) is 23.4 Å². The van der Waals surface area contributed by atoms with Crippen molar-refractivity contribution in [1.29, 1.82) is 0 Å². The van der Waals surface area contributed by atoms with Crippen LogP contribution in [0.15, 0.2) is 150 Å². The molecule has 0 unspecified atom stereocenters. The molecule has 141 heavy (non-hydrogen) atoms. The number of methoxy groups -OCH3 is 2. The number of allylic oxidation sites excluding steroid dienone is 7. The van der Waals surface area contributed by atoms with Crippen molar-refractivity contribution in [1.82, 2.24) is 42.5 Å². The van der Waals surface area contributed by atoms with Gasteiger partial charge in [-0.15, -0.1) is 0 Å². The number of carbonyl (C=O) groups is 8. The van der Waals surface area contributed by atoms with Crippen LogP contribution in [0.5, 0.6) is 5.75 Å². The number of carbonyl (C=O) groups excluding carboxylic acids is 8. The van der Waals surface area contributed by atoms with Crippen LogP contribution in [-0.2, 0) is 94.2 Å². The Kier molecular flexibility index (Phi) is 40.2. The molecule has 2 fully saturated rings. The van der Waals surface area contributed by atoms with E-state index in [0.29, 0.717) is 158 Å². The van der Waals surface area contributed by atoms with E-state index in [2.05, 4.69) is 62.4 Å². The number of unbranched alkanes of at least 4 members (excludes halogenated alkanes) is 7. The van der Waals surface area contributed by atoms with Crippen LogP contribution in [0, 0.1) is 0 Å². The van der Waals surface area contributed by atoms with Crippen molar-refractivity contribution in [2.45, 2.75) is 248 Å². The number of hydrogen-bond donors (Lipinski definition) is 15. The molecule has 0 saturated carbocycles. The molecule has 6 heterocycles. The van der Waals surface area contributed by atoms with Gasteiger partial charge in [-0.25, -0.2) is 24.4 Å². The van der Waals surface area contributed by atoms with Crippen LogP contribution in [0.25, 0.3) is 0 Å². The second kappa shape index (κ2) is 51.1. The zero-order chi connectivity index (χ0) is 102. The number of aliphatic imine (C=N–C) groups is 2. The summed E-state index contributed by atoms with van der Waals surface area (Å²) in [4.78, 5) is 116. The summed E-state index contributed by atoms with van der Waals surface area (Å²) in [6.45, 7) is 9.30. The van der Waals surface area contributed by atoms with Gasteiger partial charge in [0.25, 0.3) is 52.3 Å². The molecule has 0 spiro atoms. The van der Waals surface area contributed by atoms with Crippen molar-refractivity contribution >= 4 is 146 Å². The Bertz CT molecular complexity index is 5790. The number of nitrogens with one attached hydrogen (secondary N) is 9. The molecule has 0 bridgehead atoms. The zero-order valence-corrected chi connectivity index (χ0v) is 85.0. The average molecular weight is 2080 g/mol. The van der Waals surface area contributed by atoms with Crippen molar-refractivity contribution in [3.05, 3.63) is 148 Å². The summed E-state index contributed by atoms with van der Waals surface area (Å²) in [5, 5.41) is 26.6. The van der Waals surface area contributed by atoms with Gasteiger partial charge in [0.05, 0.1) is 90.7 Å². The maximum atomic E-state index is 13.9. The second-order valence-corrected chi connectivity index (χ2v) is 45.1. The van der Waals surface area contributed by atoms with Gasteiger partial charge in [-0.05, 0) is 225 Å². The third-order valence-corrected chi connectivity index (χ3v) is 32.0. The number of nitrogens with zero attached hydrogens (tertiary/aromatic N) is 4. The van der Waals surface area contributed by atoms with E-state index in [9.17, 15) is 90.2 Å². The number of hydrogen-bond acceptors (Lipinski definition) is 30. The Morgan fingerprint density at radius 3 is 1.62 bits per heavy atom. The molecule has 4 aromatic carbocycles. The lowest BCUT2D eigenvalue weighted by Gasteiger charge is -2.27. The van der Waals surface area contributed by atoms with Crippen LogP contribution in [0.3, 0.4) is 0 Å². The smallest absolute Gasteiger partial charge is 0.328 e. The zero-order valence-electron chi connectivity index (χ0n) is 80.1. The van der Waals surface area contributed by atoms with Crippen molar-refractivity contribution in [3.8, 4) is 5.75 Å². The minimum atomic E-state index is -4.64. The van der Waals surface area contributed by atoms with Crippen molar-refractivity contribution < 1.29 is 118 Å². The van der Waals surface area contributed by atoms with E-state index >= 15 is 0 Å². The van der Waals surface area contributed by atoms with Crippen molar-refractivity contribution in [2.24, 2.45) is 21.5 Å². The second-order valence-electron chi connectivity index (χ2n) is 36.7. The number of guanidine groups is 2. The van der Waals surface area contributed by atoms with Crippen molar-refractivity contribution in [3.63, 3.8) is 0 Å². The number of rotatable bonds is 55. The third kappa shape index (κ3) is 32.0. The summed E-state index contributed by atoms with van der Waals surface area (Å²) in [5.41, 5.74) is 15.5. The van der Waals surface area contributed by atoms with E-state index in [4.69, 9.17) is 35.2 Å². The van der Waals surface area contributed by atoms with Gasteiger partial charge in [-0.3, -0.25) is 42.2 Å². The molecule has 2 saturated heterocycles. The fourth-order valence-electron chi connectivity index (χ4n) is 18.3. The van der Waals surface area contributed by atoms with Crippen LogP contribution >= 0.6 is 23.5 Å². The highest BCUT2D eigenvalue weighted by Crippen LogP contribution is 2.50. The molecule has 8 atom stereocenters. The monoisotopic (exact) mass is 2070 g/mol. The molecule has 0 aromatic heterocycles. The maximum absolute atomic E-state index is 13.9. The Hall–Kier alpha value is -10.5. The lowest BCUT2D eigenvalue weighted by atomic mass is 9.81. The van der Waals surface area contributed by atoms with Gasteiger partial charge in [-0.1, -0.05) is 32.8 Å². The van der Waals surface area contributed by atoms with Gasteiger partial charge in [-0.2, -0.15) is 61.8 Å². The predicted molar refractivity (Wildman–Crippen MR) is 535 cm³/mol. The number of fused-ring (bicyclic) bond motifs is 4. The average Bonchev–Trinajstić information content (AvgIpc) is 1.59. The Morgan fingerprint density at radius 2 is 1.08 bits per heavy atom. The molecule has 4 aromatic rings. The summed E-state index contributed by atoms with van der Waals surface area (Å²) >= 11 is 3.69. The van der Waals surface area contributed by atoms with E-state index < -0.39 is 98.9 Å². The summed E-state index contributed by atoms with van der Waals surface area (Å²) < 4.78 is 168. The SMILES string of the molecule is COC(=O)[C@H](CCCCNC(=O)c1cc(NC(=O)NCCOCCOCCNC(=O)CCCCC[N+]2=C(/C=C/C3=C(Oc4ccc(S(=O)(=O)O)cc4)C(=C/C=C4/N(CCCCS(=O)(=O)O)c5ccc(S(=O)(=O)O)cc5C4(C)C)/CCC3)C(C)(C)c3cc(S(=O)(=O)O)ccc32)cc(C(=O)NCCCC[C@H](NC(=O)CCCC[C@@H]2SC[C@@H]3NC(N)=N[C@@H]32)C(=O)OC)c1)NC(=O)CCCC[C@@H]1SC[C@@H]2NC(N)=N[C@@H]21. The fourth-order valence-corrected chi connectivity index (χ4v) is 23.4. The largest absolute Gasteiger partial charge is 0.467 e. The molecule has 1 aliphatic carbocycles. The first-order valence-corrected chi connectivity index (χ1v) is 55.6. The van der Waals surface area contributed by atoms with E-state index in [0.717, 1.165) is 42.9 Å². The molecule has 7 aliphatic rings. The lowest BCUT2D eigenvalue weighted by molar-refractivity contribution is -0.438. The van der Waals surface area contributed by atoms with Gasteiger partial charge in [0.15, 0.2) is 17.6 Å². The molecule has 0 radical (unpaired) electrons. The topological polar surface area (TPSA) is 591 Å². The number of anilines is 2. The highest BCUT2D eigenvalue weighted by Gasteiger charge is 2.47. The minimum Gasteiger partial charge on any atom is -0.467 e. The standard InChI is InChI=1S/C95H131N15O25S6/c1-94(2)69-56-67(140(125,126)127)36-38-75(69)109(79(94)40-30-60-21-20-22-61(86(60)135-65-32-34-66(35-33-65)139(122,123)124)31-41-80-95(3,4)70-57-68(141(128,129)130)37-39-76(70)110(80)47-18-19-52-138(119,120)121)46-17-7-8-27-81(111)98-44-48-133-50-51-134-49-45-101-93(118)102-64-54-62(87(114)99-42-15-13-23-71(89(116)131-5)103-82(112)28-11-9-25-77-84-73(58-136-77)105-91(96)107-84)53-63(55-64)88(115)100-43-16-14-24-72(90(117)132-6)104-83(113)29-12-10-26-78-85-74(59-137-78)106-92(97)108-85/h30-41,53-57,71-74,77-78,84-85H,7-29,42-52,58-59H2,1-6H3,(H16-,96,97,98,99,100,101,102,103,104,105,106,107,108,111,112,113,114,115,118,119,120,121,122,123,124,125,126,127,128,129,130)/p+1/t71-,72-,73-,74-,77-,78-,84-,85-/m0/s1. The predicted octanol–water partition coefficient (Wildman–Crippen LogP) is 8.46. The summed E-state index contributed by atoms with van der Waals surface area (Å²) in [5.74, 6) is -0.240. The molecule has 7 amide bonds. The molecular formula is C95H132N15O25S6+. The number of thioether (sulfide) groups is 2. The highest BCUT2D eigenvalue weighted by atomic mass is 32.2.